The number of carbonyl (C=O) groups excluding carboxylic acids is 1. The highest BCUT2D eigenvalue weighted by molar-refractivity contribution is 7.91. The van der Waals surface area contributed by atoms with Crippen LogP contribution in [0, 0.1) is 6.92 Å². The fourth-order valence-corrected chi connectivity index (χ4v) is 5.81. The van der Waals surface area contributed by atoms with Crippen LogP contribution < -0.4 is 10.1 Å². The Kier molecular flexibility index (Phi) is 4.73. The number of ether oxygens (including phenoxy) is 1. The van der Waals surface area contributed by atoms with Crippen LogP contribution in [0.25, 0.3) is 22.3 Å². The summed E-state index contributed by atoms with van der Waals surface area (Å²) >= 11 is 0. The Morgan fingerprint density at radius 1 is 1.19 bits per heavy atom. The van der Waals surface area contributed by atoms with Crippen molar-refractivity contribution in [1.29, 1.82) is 0 Å². The summed E-state index contributed by atoms with van der Waals surface area (Å²) in [5.41, 5.74) is 3.22. The number of nitrogens with one attached hydrogen (secondary N) is 1. The minimum absolute atomic E-state index is 0.0429. The van der Waals surface area contributed by atoms with Gasteiger partial charge in [-0.2, -0.15) is 5.10 Å². The second kappa shape index (κ2) is 7.33. The van der Waals surface area contributed by atoms with Crippen molar-refractivity contribution in [2.24, 2.45) is 0 Å². The average molecular weight is 441 g/mol. The zero-order valence-electron chi connectivity index (χ0n) is 17.5. The number of hydrogen-bond acceptors (Lipinski definition) is 6. The molecule has 1 amide bonds. The molecule has 5 rings (SSSR count). The highest BCUT2D eigenvalue weighted by atomic mass is 32.2. The van der Waals surface area contributed by atoms with Crippen molar-refractivity contribution in [1.82, 2.24) is 20.1 Å². The predicted molar refractivity (Wildman–Crippen MR) is 117 cm³/mol. The lowest BCUT2D eigenvalue weighted by Gasteiger charge is -2.12. The number of sulfone groups is 1. The van der Waals surface area contributed by atoms with E-state index in [0.29, 0.717) is 34.4 Å². The van der Waals surface area contributed by atoms with E-state index >= 15 is 0 Å². The quantitative estimate of drug-likeness (QED) is 0.654. The predicted octanol–water partition coefficient (Wildman–Crippen LogP) is 2.67. The Morgan fingerprint density at radius 2 is 1.94 bits per heavy atom. The van der Waals surface area contributed by atoms with Crippen LogP contribution in [0.1, 0.15) is 41.4 Å². The number of carbonyl (C=O) groups is 1. The minimum atomic E-state index is -3.09. The molecular weight excluding hydrogens is 416 g/mol. The molecule has 1 aromatic carbocycles. The van der Waals surface area contributed by atoms with Crippen molar-refractivity contribution in [2.75, 3.05) is 18.6 Å². The lowest BCUT2D eigenvalue weighted by Crippen LogP contribution is -2.25. The SMILES string of the molecule is COc1ccc(-c2cc(C(=O)NC3CC3)c3c(C)nn([C@H]4CCS(=O)(=O)C4)c3n2)cc1. The van der Waals surface area contributed by atoms with Crippen LogP contribution >= 0.6 is 0 Å². The van der Waals surface area contributed by atoms with Crippen LogP contribution in [0.15, 0.2) is 30.3 Å². The average Bonchev–Trinajstić information content (AvgIpc) is 3.41. The molecule has 1 aliphatic carbocycles. The van der Waals surface area contributed by atoms with Gasteiger partial charge in [0, 0.05) is 11.6 Å². The highest BCUT2D eigenvalue weighted by Gasteiger charge is 2.33. The zero-order valence-corrected chi connectivity index (χ0v) is 18.3. The van der Waals surface area contributed by atoms with Gasteiger partial charge in [0.2, 0.25) is 0 Å². The van der Waals surface area contributed by atoms with E-state index in [9.17, 15) is 13.2 Å². The maximum absolute atomic E-state index is 13.1. The van der Waals surface area contributed by atoms with Crippen LogP contribution in [0.3, 0.4) is 0 Å². The number of amides is 1. The van der Waals surface area contributed by atoms with E-state index < -0.39 is 9.84 Å². The van der Waals surface area contributed by atoms with E-state index in [1.165, 1.54) is 0 Å². The Bertz CT molecular complexity index is 1280. The van der Waals surface area contributed by atoms with Crippen molar-refractivity contribution in [3.8, 4) is 17.0 Å². The molecule has 31 heavy (non-hydrogen) atoms. The van der Waals surface area contributed by atoms with Crippen LogP contribution in [-0.2, 0) is 9.84 Å². The number of fused-ring (bicyclic) bond motifs is 1. The third-order valence-corrected chi connectivity index (χ3v) is 7.68. The third kappa shape index (κ3) is 3.78. The maximum atomic E-state index is 13.1. The van der Waals surface area contributed by atoms with Crippen LogP contribution in [0.4, 0.5) is 0 Å². The number of pyridine rings is 1. The second-order valence-electron chi connectivity index (χ2n) is 8.32. The van der Waals surface area contributed by atoms with Crippen molar-refractivity contribution >= 4 is 26.8 Å². The fourth-order valence-electron chi connectivity index (χ4n) is 4.12. The van der Waals surface area contributed by atoms with Gasteiger partial charge in [-0.25, -0.2) is 18.1 Å². The molecule has 2 aromatic heterocycles. The van der Waals surface area contributed by atoms with Gasteiger partial charge < -0.3 is 10.1 Å². The summed E-state index contributed by atoms with van der Waals surface area (Å²) in [6.45, 7) is 1.84. The van der Waals surface area contributed by atoms with Crippen molar-refractivity contribution in [3.05, 3.63) is 41.6 Å². The summed E-state index contributed by atoms with van der Waals surface area (Å²) < 4.78 is 31.1. The molecule has 3 aromatic rings. The van der Waals surface area contributed by atoms with E-state index in [1.807, 2.05) is 31.2 Å². The summed E-state index contributed by atoms with van der Waals surface area (Å²) in [5.74, 6) is 0.770. The topological polar surface area (TPSA) is 103 Å². The van der Waals surface area contributed by atoms with Crippen molar-refractivity contribution in [2.45, 2.75) is 38.3 Å². The lowest BCUT2D eigenvalue weighted by molar-refractivity contribution is 0.0952. The Hall–Kier alpha value is -2.94. The van der Waals surface area contributed by atoms with Gasteiger partial charge in [-0.05, 0) is 56.5 Å². The van der Waals surface area contributed by atoms with Crippen molar-refractivity contribution in [3.63, 3.8) is 0 Å². The largest absolute Gasteiger partial charge is 0.497 e. The summed E-state index contributed by atoms with van der Waals surface area (Å²) in [6.07, 6.45) is 2.48. The number of aryl methyl sites for hydroxylation is 1. The van der Waals surface area contributed by atoms with Gasteiger partial charge in [0.15, 0.2) is 15.5 Å². The fraction of sp³-hybridized carbons (Fsp3) is 0.409. The molecule has 1 saturated carbocycles. The zero-order chi connectivity index (χ0) is 21.8. The molecule has 0 unspecified atom stereocenters. The number of benzene rings is 1. The van der Waals surface area contributed by atoms with Gasteiger partial charge in [-0.3, -0.25) is 4.79 Å². The molecule has 0 spiro atoms. The first-order valence-corrected chi connectivity index (χ1v) is 12.2. The number of aromatic nitrogens is 3. The molecule has 1 atom stereocenters. The molecule has 0 bridgehead atoms. The molecule has 1 N–H and O–H groups in total. The number of hydrogen-bond donors (Lipinski definition) is 1. The van der Waals surface area contributed by atoms with Gasteiger partial charge in [-0.15, -0.1) is 0 Å². The highest BCUT2D eigenvalue weighted by Crippen LogP contribution is 2.33. The molecule has 1 aliphatic heterocycles. The van der Waals surface area contributed by atoms with Crippen molar-refractivity contribution < 1.29 is 17.9 Å². The molecule has 2 aliphatic rings. The van der Waals surface area contributed by atoms with E-state index in [2.05, 4.69) is 10.4 Å². The van der Waals surface area contributed by atoms with Gasteiger partial charge >= 0.3 is 0 Å². The summed E-state index contributed by atoms with van der Waals surface area (Å²) in [6, 6.07) is 9.21. The molecular formula is C22H24N4O4S. The number of nitrogens with zero attached hydrogens (tertiary/aromatic N) is 3. The van der Waals surface area contributed by atoms with Gasteiger partial charge in [0.25, 0.3) is 5.91 Å². The molecule has 9 heteroatoms. The van der Waals surface area contributed by atoms with Gasteiger partial charge in [-0.1, -0.05) is 0 Å². The molecule has 162 valence electrons. The normalized spacial score (nSPS) is 20.1. The smallest absolute Gasteiger partial charge is 0.252 e. The molecule has 0 radical (unpaired) electrons. The van der Waals surface area contributed by atoms with Crippen LogP contribution in [0.5, 0.6) is 5.75 Å². The van der Waals surface area contributed by atoms with E-state index in [1.54, 1.807) is 17.9 Å². The van der Waals surface area contributed by atoms with Gasteiger partial charge in [0.1, 0.15) is 5.75 Å². The number of rotatable bonds is 5. The Balaban J connectivity index is 1.68. The monoisotopic (exact) mass is 440 g/mol. The molecule has 8 nitrogen and oxygen atoms in total. The van der Waals surface area contributed by atoms with Gasteiger partial charge in [0.05, 0.1) is 47.0 Å². The van der Waals surface area contributed by atoms with E-state index in [4.69, 9.17) is 9.72 Å². The third-order valence-electron chi connectivity index (χ3n) is 5.93. The minimum Gasteiger partial charge on any atom is -0.497 e. The van der Waals surface area contributed by atoms with E-state index in [0.717, 1.165) is 24.2 Å². The Labute approximate surface area is 180 Å². The molecule has 1 saturated heterocycles. The summed E-state index contributed by atoms with van der Waals surface area (Å²) in [5, 5.41) is 8.37. The standard InChI is InChI=1S/C22H24N4O4S/c1-13-20-18(22(27)23-15-5-6-15)11-19(14-3-7-17(30-2)8-4-14)24-21(20)26(25-13)16-9-10-31(28,29)12-16/h3-4,7-8,11,15-16H,5-6,9-10,12H2,1-2H3,(H,23,27)/t16-/m0/s1. The summed E-state index contributed by atoms with van der Waals surface area (Å²) in [4.78, 5) is 17.9. The number of methoxy groups -OCH3 is 1. The summed E-state index contributed by atoms with van der Waals surface area (Å²) in [7, 11) is -1.48. The second-order valence-corrected chi connectivity index (χ2v) is 10.5. The first-order valence-electron chi connectivity index (χ1n) is 10.4. The maximum Gasteiger partial charge on any atom is 0.252 e. The lowest BCUT2D eigenvalue weighted by atomic mass is 10.0. The first-order chi connectivity index (χ1) is 14.8. The Morgan fingerprint density at radius 3 is 2.55 bits per heavy atom. The molecule has 3 heterocycles. The molecule has 2 fully saturated rings. The van der Waals surface area contributed by atoms with Crippen LogP contribution in [0.2, 0.25) is 0 Å². The van der Waals surface area contributed by atoms with Crippen LogP contribution in [-0.4, -0.2) is 53.7 Å². The van der Waals surface area contributed by atoms with E-state index in [-0.39, 0.29) is 29.5 Å². The first kappa shape index (κ1) is 20.0.